The van der Waals surface area contributed by atoms with Crippen molar-refractivity contribution in [1.82, 2.24) is 45.9 Å². The maximum Gasteiger partial charge on any atom is 0.170 e. The monoisotopic (exact) mass is 1450 g/mol. The summed E-state index contributed by atoms with van der Waals surface area (Å²) in [4.78, 5) is 53.5. The van der Waals surface area contributed by atoms with Gasteiger partial charge in [-0.3, -0.25) is 15.0 Å². The van der Waals surface area contributed by atoms with Crippen molar-refractivity contribution in [3.63, 3.8) is 0 Å². The molecule has 4 atom stereocenters. The number of carbonyl (C=O) groups is 1. The average Bonchev–Trinajstić information content (AvgIpc) is 1.48. The summed E-state index contributed by atoms with van der Waals surface area (Å²) in [5, 5.41) is 54.3. The van der Waals surface area contributed by atoms with Crippen LogP contribution in [0.5, 0.6) is 17.2 Å². The van der Waals surface area contributed by atoms with Crippen LogP contribution in [0.15, 0.2) is 165 Å². The predicted molar refractivity (Wildman–Crippen MR) is 406 cm³/mol. The van der Waals surface area contributed by atoms with E-state index in [2.05, 4.69) is 46.6 Å². The van der Waals surface area contributed by atoms with E-state index in [-0.39, 0.29) is 39.6 Å². The van der Waals surface area contributed by atoms with Crippen LogP contribution < -0.4 is 46.6 Å². The van der Waals surface area contributed by atoms with E-state index in [1.807, 2.05) is 87.9 Å². The molecular weight excluding hydrogens is 1390 g/mol. The first kappa shape index (κ1) is 67.9. The topological polar surface area (TPSA) is 237 Å². The van der Waals surface area contributed by atoms with Gasteiger partial charge in [-0.15, -0.1) is 0 Å². The Morgan fingerprint density at radius 2 is 0.750 bits per heavy atom. The van der Waals surface area contributed by atoms with E-state index >= 15 is 18.0 Å². The summed E-state index contributed by atoms with van der Waals surface area (Å²) in [5.74, 6) is -2.54. The molecule has 0 spiro atoms. The number of benzene rings is 6. The zero-order chi connectivity index (χ0) is 71.9. The number of nitrogens with zero attached hydrogens (tertiary/aromatic N) is 9. The molecule has 25 heteroatoms. The summed E-state index contributed by atoms with van der Waals surface area (Å²) in [6.07, 6.45) is 14.2. The van der Waals surface area contributed by atoms with Gasteiger partial charge in [0, 0.05) is 114 Å². The minimum absolute atomic E-state index is 0.0147. The van der Waals surface area contributed by atoms with Gasteiger partial charge in [-0.2, -0.15) is 0 Å². The second-order valence-corrected chi connectivity index (χ2v) is 28.3. The Morgan fingerprint density at radius 1 is 0.423 bits per heavy atom. The Bertz CT molecular complexity index is 5120. The van der Waals surface area contributed by atoms with Crippen molar-refractivity contribution in [3.05, 3.63) is 214 Å². The van der Waals surface area contributed by atoms with Crippen LogP contribution in [-0.2, 0) is 15.6 Å². The largest absolute Gasteiger partial charge is 0.504 e. The Kier molecular flexibility index (Phi) is 17.8. The molecule has 0 bridgehead atoms. The van der Waals surface area contributed by atoms with Gasteiger partial charge in [0.1, 0.15) is 23.7 Å². The van der Waals surface area contributed by atoms with Gasteiger partial charge in [-0.05, 0) is 189 Å². The highest BCUT2D eigenvalue weighted by atomic mass is 35.5. The number of carbonyl (C=O) groups excluding carboxylic acids is 1. The van der Waals surface area contributed by atoms with Crippen LogP contribution in [0, 0.1) is 17.5 Å². The van der Waals surface area contributed by atoms with Crippen molar-refractivity contribution in [1.29, 1.82) is 0 Å². The quantitative estimate of drug-likeness (QED) is 0.0342. The minimum atomic E-state index is -1.68. The number of aldehydes is 1. The van der Waals surface area contributed by atoms with E-state index in [0.717, 1.165) is 82.3 Å². The van der Waals surface area contributed by atoms with Crippen molar-refractivity contribution in [2.24, 2.45) is 0 Å². The van der Waals surface area contributed by atoms with Gasteiger partial charge in [0.2, 0.25) is 0 Å². The van der Waals surface area contributed by atoms with Gasteiger partial charge < -0.3 is 66.7 Å². The molecule has 1 aliphatic carbocycles. The summed E-state index contributed by atoms with van der Waals surface area (Å²) in [5.41, 5.74) is 5.30. The van der Waals surface area contributed by atoms with Gasteiger partial charge in [0.25, 0.3) is 0 Å². The van der Waals surface area contributed by atoms with Crippen molar-refractivity contribution in [2.45, 2.75) is 54.6 Å². The van der Waals surface area contributed by atoms with Gasteiger partial charge in [-0.1, -0.05) is 53.0 Å². The summed E-state index contributed by atoms with van der Waals surface area (Å²) in [6, 6.07) is 36.9. The highest BCUT2D eigenvalue weighted by molar-refractivity contribution is 6.33. The second-order valence-electron chi connectivity index (χ2n) is 27.1. The number of phenols is 3. The fraction of sp³-hybridized carbons (Fsp3) is 0.228. The Balaban J connectivity index is 0.977. The number of rotatable bonds is 19. The third kappa shape index (κ3) is 12.1. The van der Waals surface area contributed by atoms with Gasteiger partial charge >= 0.3 is 0 Å². The molecule has 104 heavy (non-hydrogen) atoms. The zero-order valence-electron chi connectivity index (χ0n) is 56.5. The molecule has 6 aromatic carbocycles. The molecule has 4 aliphatic rings. The first-order valence-corrected chi connectivity index (χ1v) is 35.3. The molecule has 19 nitrogen and oxygen atoms in total. The number of nitrogens with one attached hydrogen (secondary N) is 6. The zero-order valence-corrected chi connectivity index (χ0v) is 58.8. The fourth-order valence-electron chi connectivity index (χ4n) is 15.4. The van der Waals surface area contributed by atoms with Crippen LogP contribution in [0.4, 0.5) is 64.7 Å². The maximum atomic E-state index is 16.0. The Hall–Kier alpha value is -10.6. The molecule has 12 aromatic rings. The number of phenolic OH excluding ortho intramolecular Hbond substituents is 3. The molecule has 526 valence electrons. The van der Waals surface area contributed by atoms with Crippen LogP contribution in [0.3, 0.4) is 0 Å². The molecule has 3 saturated heterocycles. The lowest BCUT2D eigenvalue weighted by atomic mass is 9.76. The van der Waals surface area contributed by atoms with Crippen molar-refractivity contribution in [2.75, 3.05) is 91.1 Å². The second kappa shape index (κ2) is 27.2. The lowest BCUT2D eigenvalue weighted by Gasteiger charge is -2.31. The molecule has 4 fully saturated rings. The average molecular weight is 1460 g/mol. The van der Waals surface area contributed by atoms with E-state index in [1.165, 1.54) is 36.4 Å². The first-order chi connectivity index (χ1) is 50.4. The normalized spacial score (nSPS) is 19.4. The molecule has 3 aliphatic heterocycles. The van der Waals surface area contributed by atoms with Crippen LogP contribution in [0.25, 0.3) is 66.1 Å². The number of aromatic nitrogens is 6. The number of halogens is 6. The number of likely N-dealkylation sites (N-methyl/N-ethyl adjacent to an activating group) is 3. The summed E-state index contributed by atoms with van der Waals surface area (Å²) in [6.45, 7) is 4.66. The summed E-state index contributed by atoms with van der Waals surface area (Å²) >= 11 is 19.6. The lowest BCUT2D eigenvalue weighted by Crippen LogP contribution is -2.29. The van der Waals surface area contributed by atoms with Crippen LogP contribution in [-0.4, -0.2) is 130 Å². The van der Waals surface area contributed by atoms with Crippen LogP contribution in [0.2, 0.25) is 15.1 Å². The number of fused-ring (bicyclic) bond motifs is 3. The smallest absolute Gasteiger partial charge is 0.170 e. The van der Waals surface area contributed by atoms with Crippen molar-refractivity contribution in [3.8, 4) is 50.6 Å². The minimum Gasteiger partial charge on any atom is -0.504 e. The molecule has 0 amide bonds. The Labute approximate surface area is 611 Å². The maximum absolute atomic E-state index is 16.0. The molecule has 9 heterocycles. The lowest BCUT2D eigenvalue weighted by molar-refractivity contribution is -0.110. The van der Waals surface area contributed by atoms with Crippen molar-refractivity contribution >= 4 is 125 Å². The molecule has 6 aromatic heterocycles. The molecule has 16 rings (SSSR count). The summed E-state index contributed by atoms with van der Waals surface area (Å²) in [7, 11) is 5.85. The van der Waals surface area contributed by atoms with E-state index < -0.39 is 45.5 Å². The SMILES string of the molecule is CNC1CCN(c2ccc(Nc3c(C4(C=O)CC4(c4cnc5ccc(-c6cc(F)c(O)c(Cl)c6)cc5c4Nc4ccc(N5CCC(NC)C5)nc4)c4cnc5ccc(-c6cc(F)c(O)c(Cl)c6)cc5c4Nc4ccc(N5CCC(NC)C5)nc4)cnc4ccc(-c5cc(F)c(O)c(Cl)c5)cc34)cn2)C1. The van der Waals surface area contributed by atoms with Crippen molar-refractivity contribution < 1.29 is 33.3 Å². The van der Waals surface area contributed by atoms with E-state index in [4.69, 9.17) is 64.7 Å². The standard InChI is InChI=1S/C79H69Cl3F3N15O4/c1-86-51-16-19-98(37-51)69-13-7-48(31-92-69)95-72-54-22-42(45-25-60(80)75(102)63(83)28-45)4-10-66(54)89-34-57(72)78(41-101)40-79(78,58-35-90-67-11-5-43(46-26-61(81)76(103)64(84)29-46)23-55(67)73(58)96-49-8-14-70(93-32-49)99-20-17-52(38-99)87-2)59-36-91-68-12-6-44(47-27-62(82)77(104)65(85)30-47)24-56(68)74(59)97-50-9-15-71(94-33-50)100-21-18-53(39-100)88-3/h4-15,22-36,41,51-53,86-88,102-104H,16-21,37-40H2,1-3H3,(H,89,95)(H,90,96)(H,91,97). The number of anilines is 9. The number of hydrogen-bond donors (Lipinski definition) is 9. The van der Waals surface area contributed by atoms with E-state index in [0.29, 0.717) is 117 Å². The first-order valence-electron chi connectivity index (χ1n) is 34.2. The predicted octanol–water partition coefficient (Wildman–Crippen LogP) is 15.5. The van der Waals surface area contributed by atoms with Crippen LogP contribution in [0.1, 0.15) is 42.4 Å². The highest BCUT2D eigenvalue weighted by Crippen LogP contribution is 2.72. The molecule has 1 saturated carbocycles. The molecule has 4 unspecified atom stereocenters. The fourth-order valence-corrected chi connectivity index (χ4v) is 16.0. The number of hydrogen-bond acceptors (Lipinski definition) is 19. The molecule has 0 radical (unpaired) electrons. The molecular formula is C79H69Cl3F3N15O4. The summed E-state index contributed by atoms with van der Waals surface area (Å²) < 4.78 is 47.1. The Morgan fingerprint density at radius 3 is 1.04 bits per heavy atom. The molecule has 9 N–H and O–H groups in total. The third-order valence-electron chi connectivity index (χ3n) is 21.2. The van der Waals surface area contributed by atoms with Crippen LogP contribution >= 0.6 is 34.8 Å². The third-order valence-corrected chi connectivity index (χ3v) is 22.1. The van der Waals surface area contributed by atoms with Gasteiger partial charge in [-0.25, -0.2) is 28.1 Å². The van der Waals surface area contributed by atoms with E-state index in [9.17, 15) is 15.3 Å². The van der Waals surface area contributed by atoms with E-state index in [1.54, 1.807) is 61.4 Å². The number of aromatic hydroxyl groups is 3. The van der Waals surface area contributed by atoms with Gasteiger partial charge in [0.05, 0.1) is 89.7 Å². The number of pyridine rings is 6. The highest BCUT2D eigenvalue weighted by Gasteiger charge is 2.73. The van der Waals surface area contributed by atoms with Gasteiger partial charge in [0.15, 0.2) is 34.7 Å².